The third-order valence-electron chi connectivity index (χ3n) is 1.44. The van der Waals surface area contributed by atoms with Crippen LogP contribution >= 0.6 is 0 Å². The Bertz CT molecular complexity index is 127. The molecule has 0 radical (unpaired) electrons. The van der Waals surface area contributed by atoms with Crippen molar-refractivity contribution >= 4 is 0 Å². The molecule has 0 bridgehead atoms. The maximum absolute atomic E-state index is 5.20. The second-order valence-corrected chi connectivity index (χ2v) is 2.26. The van der Waals surface area contributed by atoms with Gasteiger partial charge in [0, 0.05) is 6.42 Å². The van der Waals surface area contributed by atoms with Crippen molar-refractivity contribution < 1.29 is 4.74 Å². The smallest absolute Gasteiger partial charge is 0.0929 e. The average molecular weight is 110 g/mol. The molecule has 44 valence electrons. The number of hydrogen-bond donors (Lipinski definition) is 0. The summed E-state index contributed by atoms with van der Waals surface area (Å²) in [5.41, 5.74) is 2.68. The van der Waals surface area contributed by atoms with Crippen molar-refractivity contribution in [2.24, 2.45) is 0 Å². The summed E-state index contributed by atoms with van der Waals surface area (Å²) in [5.74, 6) is 0. The SMILES string of the molecule is C=C=CC1(C)CCO1. The first-order chi connectivity index (χ1) is 3.77. The lowest BCUT2D eigenvalue weighted by Gasteiger charge is -2.34. The minimum absolute atomic E-state index is 0.0260. The van der Waals surface area contributed by atoms with Gasteiger partial charge in [-0.05, 0) is 13.0 Å². The van der Waals surface area contributed by atoms with Crippen LogP contribution in [-0.2, 0) is 4.74 Å². The van der Waals surface area contributed by atoms with Crippen LogP contribution in [0.15, 0.2) is 18.4 Å². The number of hydrogen-bond acceptors (Lipinski definition) is 1. The van der Waals surface area contributed by atoms with Gasteiger partial charge >= 0.3 is 0 Å². The summed E-state index contributed by atoms with van der Waals surface area (Å²) < 4.78 is 5.20. The van der Waals surface area contributed by atoms with Crippen LogP contribution in [0, 0.1) is 0 Å². The Labute approximate surface area is 49.7 Å². The van der Waals surface area contributed by atoms with Crippen LogP contribution in [0.3, 0.4) is 0 Å². The van der Waals surface area contributed by atoms with E-state index < -0.39 is 0 Å². The fourth-order valence-electron chi connectivity index (χ4n) is 0.754. The van der Waals surface area contributed by atoms with Crippen LogP contribution in [0.2, 0.25) is 0 Å². The van der Waals surface area contributed by atoms with E-state index in [1.54, 1.807) is 0 Å². The minimum atomic E-state index is -0.0260. The van der Waals surface area contributed by atoms with E-state index in [1.165, 1.54) is 0 Å². The molecule has 1 aliphatic heterocycles. The lowest BCUT2D eigenvalue weighted by atomic mass is 9.98. The predicted octanol–water partition coefficient (Wildman–Crippen LogP) is 1.51. The quantitative estimate of drug-likeness (QED) is 0.465. The van der Waals surface area contributed by atoms with Gasteiger partial charge in [-0.3, -0.25) is 0 Å². The first-order valence-electron chi connectivity index (χ1n) is 2.78. The van der Waals surface area contributed by atoms with E-state index >= 15 is 0 Å². The van der Waals surface area contributed by atoms with E-state index in [1.807, 2.05) is 13.0 Å². The van der Waals surface area contributed by atoms with Gasteiger partial charge in [-0.2, -0.15) is 0 Å². The summed E-state index contributed by atoms with van der Waals surface area (Å²) in [6, 6.07) is 0. The van der Waals surface area contributed by atoms with Crippen molar-refractivity contribution in [1.82, 2.24) is 0 Å². The molecule has 0 aromatic heterocycles. The first kappa shape index (κ1) is 5.61. The molecule has 1 aliphatic rings. The van der Waals surface area contributed by atoms with Gasteiger partial charge in [0.1, 0.15) is 0 Å². The molecule has 8 heavy (non-hydrogen) atoms. The Morgan fingerprint density at radius 2 is 2.50 bits per heavy atom. The number of rotatable bonds is 1. The Morgan fingerprint density at radius 1 is 1.88 bits per heavy atom. The van der Waals surface area contributed by atoms with Gasteiger partial charge in [-0.15, -0.1) is 5.73 Å². The summed E-state index contributed by atoms with van der Waals surface area (Å²) >= 11 is 0. The zero-order chi connectivity index (χ0) is 6.04. The Morgan fingerprint density at radius 3 is 2.62 bits per heavy atom. The van der Waals surface area contributed by atoms with Crippen molar-refractivity contribution in [2.75, 3.05) is 6.61 Å². The zero-order valence-corrected chi connectivity index (χ0v) is 5.11. The van der Waals surface area contributed by atoms with Crippen LogP contribution in [-0.4, -0.2) is 12.2 Å². The molecule has 1 fully saturated rings. The maximum atomic E-state index is 5.20. The molecule has 0 N–H and O–H groups in total. The molecular formula is C7H10O. The highest BCUT2D eigenvalue weighted by Crippen LogP contribution is 2.25. The molecule has 0 spiro atoms. The molecule has 1 heterocycles. The lowest BCUT2D eigenvalue weighted by molar-refractivity contribution is -0.0982. The Hall–Kier alpha value is -0.520. The van der Waals surface area contributed by atoms with Gasteiger partial charge in [0.2, 0.25) is 0 Å². The molecule has 0 aromatic carbocycles. The minimum Gasteiger partial charge on any atom is -0.370 e. The van der Waals surface area contributed by atoms with Crippen molar-refractivity contribution in [3.63, 3.8) is 0 Å². The molecular weight excluding hydrogens is 100 g/mol. The molecule has 1 unspecified atom stereocenters. The van der Waals surface area contributed by atoms with E-state index in [4.69, 9.17) is 4.74 Å². The molecule has 1 nitrogen and oxygen atoms in total. The van der Waals surface area contributed by atoms with Gasteiger partial charge in [0.05, 0.1) is 12.2 Å². The van der Waals surface area contributed by atoms with E-state index in [0.29, 0.717) is 0 Å². The molecule has 1 heteroatoms. The Kier molecular flexibility index (Phi) is 1.24. The second kappa shape index (κ2) is 1.77. The van der Waals surface area contributed by atoms with Crippen molar-refractivity contribution in [3.8, 4) is 0 Å². The van der Waals surface area contributed by atoms with Gasteiger partial charge in [-0.25, -0.2) is 0 Å². The summed E-state index contributed by atoms with van der Waals surface area (Å²) in [4.78, 5) is 0. The van der Waals surface area contributed by atoms with Gasteiger partial charge in [-0.1, -0.05) is 6.58 Å². The van der Waals surface area contributed by atoms with Gasteiger partial charge in [0.25, 0.3) is 0 Å². The van der Waals surface area contributed by atoms with Crippen LogP contribution < -0.4 is 0 Å². The topological polar surface area (TPSA) is 9.23 Å². The van der Waals surface area contributed by atoms with E-state index in [2.05, 4.69) is 12.3 Å². The largest absolute Gasteiger partial charge is 0.370 e. The zero-order valence-electron chi connectivity index (χ0n) is 5.11. The molecule has 0 amide bonds. The molecule has 0 aromatic rings. The van der Waals surface area contributed by atoms with E-state index in [-0.39, 0.29) is 5.60 Å². The van der Waals surface area contributed by atoms with Gasteiger partial charge in [0.15, 0.2) is 0 Å². The predicted molar refractivity (Wildman–Crippen MR) is 32.7 cm³/mol. The highest BCUT2D eigenvalue weighted by Gasteiger charge is 2.29. The van der Waals surface area contributed by atoms with E-state index in [9.17, 15) is 0 Å². The van der Waals surface area contributed by atoms with Crippen LogP contribution in [0.1, 0.15) is 13.3 Å². The third-order valence-corrected chi connectivity index (χ3v) is 1.44. The summed E-state index contributed by atoms with van der Waals surface area (Å²) in [5, 5.41) is 0. The lowest BCUT2D eigenvalue weighted by Crippen LogP contribution is -2.38. The summed E-state index contributed by atoms with van der Waals surface area (Å²) in [6.45, 7) is 6.39. The first-order valence-corrected chi connectivity index (χ1v) is 2.78. The average Bonchev–Trinajstić information content (AvgIpc) is 1.64. The highest BCUT2D eigenvalue weighted by molar-refractivity contribution is 5.01. The number of ether oxygens (including phenoxy) is 1. The molecule has 1 atom stereocenters. The van der Waals surface area contributed by atoms with Crippen LogP contribution in [0.5, 0.6) is 0 Å². The highest BCUT2D eigenvalue weighted by atomic mass is 16.5. The molecule has 0 aliphatic carbocycles. The third kappa shape index (κ3) is 0.835. The van der Waals surface area contributed by atoms with Crippen molar-refractivity contribution in [3.05, 3.63) is 18.4 Å². The molecule has 1 rings (SSSR count). The monoisotopic (exact) mass is 110 g/mol. The van der Waals surface area contributed by atoms with Crippen molar-refractivity contribution in [2.45, 2.75) is 18.9 Å². The van der Waals surface area contributed by atoms with Crippen LogP contribution in [0.4, 0.5) is 0 Å². The normalized spacial score (nSPS) is 35.1. The van der Waals surface area contributed by atoms with Crippen molar-refractivity contribution in [1.29, 1.82) is 0 Å². The fraction of sp³-hybridized carbons (Fsp3) is 0.571. The standard InChI is InChI=1S/C7H10O/c1-3-4-7(2)5-6-8-7/h4H,1,5-6H2,2H3. The maximum Gasteiger partial charge on any atom is 0.0929 e. The van der Waals surface area contributed by atoms with Gasteiger partial charge < -0.3 is 4.74 Å². The second-order valence-electron chi connectivity index (χ2n) is 2.26. The molecule has 1 saturated heterocycles. The van der Waals surface area contributed by atoms with Crippen LogP contribution in [0.25, 0.3) is 0 Å². The Balaban J connectivity index is 2.53. The summed E-state index contributed by atoms with van der Waals surface area (Å²) in [7, 11) is 0. The van der Waals surface area contributed by atoms with E-state index in [0.717, 1.165) is 13.0 Å². The summed E-state index contributed by atoms with van der Waals surface area (Å²) in [6.07, 6.45) is 2.98. The fourth-order valence-corrected chi connectivity index (χ4v) is 0.754. The molecule has 0 saturated carbocycles.